The first-order valence-electron chi connectivity index (χ1n) is 16.0. The number of para-hydroxylation sites is 2. The van der Waals surface area contributed by atoms with Gasteiger partial charge < -0.3 is 4.90 Å². The van der Waals surface area contributed by atoms with Gasteiger partial charge in [-0.2, -0.15) is 0 Å². The third-order valence-electron chi connectivity index (χ3n) is 8.77. The van der Waals surface area contributed by atoms with E-state index in [-0.39, 0.29) is 6.71 Å². The molecule has 0 saturated carbocycles. The van der Waals surface area contributed by atoms with E-state index in [0.29, 0.717) is 0 Å². The lowest BCUT2D eigenvalue weighted by atomic mass is 9.37. The van der Waals surface area contributed by atoms with Gasteiger partial charge in [-0.3, -0.25) is 0 Å². The van der Waals surface area contributed by atoms with Crippen LogP contribution in [0, 0.1) is 0 Å². The summed E-state index contributed by atoms with van der Waals surface area (Å²) in [4.78, 5) is 2.29. The minimum absolute atomic E-state index is 0.198. The zero-order chi connectivity index (χ0) is 31.4. The molecule has 0 amide bonds. The Morgan fingerprint density at radius 3 is 1.40 bits per heavy atom. The topological polar surface area (TPSA) is 3.24 Å². The van der Waals surface area contributed by atoms with E-state index < -0.39 is 0 Å². The average Bonchev–Trinajstić information content (AvgIpc) is 3.50. The molecule has 8 aromatic rings. The molecule has 0 bridgehead atoms. The van der Waals surface area contributed by atoms with Gasteiger partial charge in [-0.1, -0.05) is 162 Å². The van der Waals surface area contributed by atoms with Crippen molar-refractivity contribution in [2.45, 2.75) is 0 Å². The molecular weight excluding hydrogens is 585 g/mol. The Morgan fingerprint density at radius 2 is 0.830 bits per heavy atom. The highest BCUT2D eigenvalue weighted by Crippen LogP contribution is 2.36. The average molecular weight is 618 g/mol. The molecule has 3 heteroatoms. The fraction of sp³-hybridized carbons (Fsp3) is 0. The Labute approximate surface area is 280 Å². The second-order valence-electron chi connectivity index (χ2n) is 11.8. The molecule has 222 valence electrons. The summed E-state index contributed by atoms with van der Waals surface area (Å²) in [7, 11) is 0. The highest BCUT2D eigenvalue weighted by molar-refractivity contribution is 7.26. The first kappa shape index (κ1) is 28.8. The van der Waals surface area contributed by atoms with Crippen molar-refractivity contribution in [3.63, 3.8) is 0 Å². The fourth-order valence-electron chi connectivity index (χ4n) is 6.49. The number of nitrogens with zero attached hydrogens (tertiary/aromatic N) is 1. The lowest BCUT2D eigenvalue weighted by molar-refractivity contribution is 1.28. The highest BCUT2D eigenvalue weighted by atomic mass is 32.1. The molecule has 0 spiro atoms. The van der Waals surface area contributed by atoms with Crippen LogP contribution in [0.25, 0.3) is 32.3 Å². The number of thiophene rings is 1. The molecule has 0 N–H and O–H groups in total. The molecule has 0 atom stereocenters. The lowest BCUT2D eigenvalue weighted by Crippen LogP contribution is -2.51. The molecule has 7 aromatic carbocycles. The highest BCUT2D eigenvalue weighted by Gasteiger charge is 2.22. The summed E-state index contributed by atoms with van der Waals surface area (Å²) in [6.07, 6.45) is 4.42. The van der Waals surface area contributed by atoms with Crippen molar-refractivity contribution in [3.8, 4) is 0 Å². The van der Waals surface area contributed by atoms with Crippen LogP contribution in [0.1, 0.15) is 11.1 Å². The minimum Gasteiger partial charge on any atom is -0.311 e. The van der Waals surface area contributed by atoms with Gasteiger partial charge in [0.2, 0.25) is 6.71 Å². The first-order valence-corrected chi connectivity index (χ1v) is 16.9. The summed E-state index contributed by atoms with van der Waals surface area (Å²) in [5.41, 5.74) is 9.73. The monoisotopic (exact) mass is 617 g/mol. The number of benzene rings is 7. The maximum Gasteiger partial charge on any atom is 0.241 e. The van der Waals surface area contributed by atoms with E-state index in [4.69, 9.17) is 0 Å². The fourth-order valence-corrected chi connectivity index (χ4v) is 7.69. The van der Waals surface area contributed by atoms with Gasteiger partial charge in [-0.15, -0.1) is 11.3 Å². The van der Waals surface area contributed by atoms with E-state index in [1.807, 2.05) is 11.3 Å². The van der Waals surface area contributed by atoms with Crippen LogP contribution < -0.4 is 21.3 Å². The number of anilines is 3. The van der Waals surface area contributed by atoms with Crippen LogP contribution in [-0.2, 0) is 0 Å². The van der Waals surface area contributed by atoms with Crippen LogP contribution in [0.4, 0.5) is 17.1 Å². The summed E-state index contributed by atoms with van der Waals surface area (Å²) < 4.78 is 2.64. The molecule has 0 radical (unpaired) electrons. The number of rotatable bonds is 8. The molecule has 0 aliphatic heterocycles. The van der Waals surface area contributed by atoms with E-state index in [2.05, 4.69) is 199 Å². The van der Waals surface area contributed by atoms with Crippen molar-refractivity contribution in [2.24, 2.45) is 0 Å². The molecular formula is C44H32BNS. The molecule has 1 aromatic heterocycles. The SMILES string of the molecule is C(=C\c1ccc2c(c1)sc1cc(B(c3ccccc3)c3ccccc3)ccc12)/c1ccc(N(c2ccccc2)c2ccccc2)cc1. The molecule has 0 aliphatic rings. The van der Waals surface area contributed by atoms with E-state index in [9.17, 15) is 0 Å². The van der Waals surface area contributed by atoms with Gasteiger partial charge >= 0.3 is 0 Å². The van der Waals surface area contributed by atoms with Crippen molar-refractivity contribution < 1.29 is 0 Å². The Bertz CT molecular complexity index is 2200. The quantitative estimate of drug-likeness (QED) is 0.121. The summed E-state index contributed by atoms with van der Waals surface area (Å²) >= 11 is 1.88. The molecule has 47 heavy (non-hydrogen) atoms. The maximum absolute atomic E-state index is 2.40. The van der Waals surface area contributed by atoms with Crippen LogP contribution >= 0.6 is 11.3 Å². The second-order valence-corrected chi connectivity index (χ2v) is 12.9. The Morgan fingerprint density at radius 1 is 0.383 bits per heavy atom. The molecule has 8 rings (SSSR count). The van der Waals surface area contributed by atoms with E-state index in [1.165, 1.54) is 47.7 Å². The predicted molar refractivity (Wildman–Crippen MR) is 207 cm³/mol. The van der Waals surface area contributed by atoms with Crippen molar-refractivity contribution >= 4 is 83.8 Å². The van der Waals surface area contributed by atoms with Crippen molar-refractivity contribution in [3.05, 3.63) is 193 Å². The Kier molecular flexibility index (Phi) is 7.97. The Balaban J connectivity index is 1.07. The maximum atomic E-state index is 2.40. The van der Waals surface area contributed by atoms with E-state index >= 15 is 0 Å². The summed E-state index contributed by atoms with van der Waals surface area (Å²) in [6, 6.07) is 65.4. The van der Waals surface area contributed by atoms with Gasteiger partial charge in [0.1, 0.15) is 0 Å². The summed E-state index contributed by atoms with van der Waals surface area (Å²) in [6.45, 7) is 0.198. The van der Waals surface area contributed by atoms with Gasteiger partial charge in [-0.25, -0.2) is 0 Å². The first-order chi connectivity index (χ1) is 23.3. The van der Waals surface area contributed by atoms with Crippen LogP contribution in [0.2, 0.25) is 0 Å². The van der Waals surface area contributed by atoms with Gasteiger partial charge in [0.25, 0.3) is 0 Å². The van der Waals surface area contributed by atoms with Gasteiger partial charge in [0.05, 0.1) is 0 Å². The number of hydrogen-bond acceptors (Lipinski definition) is 2. The van der Waals surface area contributed by atoms with Gasteiger partial charge in [0, 0.05) is 37.2 Å². The van der Waals surface area contributed by atoms with E-state index in [0.717, 1.165) is 17.1 Å². The number of fused-ring (bicyclic) bond motifs is 3. The number of hydrogen-bond donors (Lipinski definition) is 0. The smallest absolute Gasteiger partial charge is 0.241 e. The molecule has 0 aliphatic carbocycles. The van der Waals surface area contributed by atoms with Crippen LogP contribution in [0.5, 0.6) is 0 Å². The van der Waals surface area contributed by atoms with Gasteiger partial charge in [0.15, 0.2) is 0 Å². The van der Waals surface area contributed by atoms with Crippen molar-refractivity contribution in [1.29, 1.82) is 0 Å². The molecule has 1 nitrogen and oxygen atoms in total. The van der Waals surface area contributed by atoms with Crippen molar-refractivity contribution in [2.75, 3.05) is 4.90 Å². The standard InChI is InChI=1S/C44H32BNS/c1-5-13-35(14-6-1)45(36-15-7-2-8-16-36)37-26-30-42-41-29-25-34(31-43(41)47-44(42)32-37)22-21-33-23-27-40(28-24-33)46(38-17-9-3-10-18-38)39-19-11-4-12-20-39/h1-32H/b22-21+. The normalized spacial score (nSPS) is 11.3. The zero-order valence-electron chi connectivity index (χ0n) is 25.9. The molecule has 1 heterocycles. The molecule has 0 fully saturated rings. The van der Waals surface area contributed by atoms with Crippen LogP contribution in [0.15, 0.2) is 182 Å². The van der Waals surface area contributed by atoms with Crippen LogP contribution in [0.3, 0.4) is 0 Å². The predicted octanol–water partition coefficient (Wildman–Crippen LogP) is 10.2. The minimum atomic E-state index is 0.198. The van der Waals surface area contributed by atoms with E-state index in [1.54, 1.807) is 0 Å². The second kappa shape index (κ2) is 13.0. The molecule has 0 saturated heterocycles. The largest absolute Gasteiger partial charge is 0.311 e. The lowest BCUT2D eigenvalue weighted by Gasteiger charge is -2.25. The van der Waals surface area contributed by atoms with Gasteiger partial charge in [-0.05, 0) is 59.7 Å². The van der Waals surface area contributed by atoms with Crippen LogP contribution in [-0.4, -0.2) is 6.71 Å². The summed E-state index contributed by atoms with van der Waals surface area (Å²) in [5.74, 6) is 0. The van der Waals surface area contributed by atoms with Crippen molar-refractivity contribution in [1.82, 2.24) is 0 Å². The third-order valence-corrected chi connectivity index (χ3v) is 9.88. The Hall–Kier alpha value is -5.64. The third kappa shape index (κ3) is 6.02. The summed E-state index contributed by atoms with van der Waals surface area (Å²) in [5, 5.41) is 2.64. The molecule has 0 unspecified atom stereocenters. The zero-order valence-corrected chi connectivity index (χ0v) is 26.7.